The summed E-state index contributed by atoms with van der Waals surface area (Å²) in [5.41, 5.74) is 1.99. The lowest BCUT2D eigenvalue weighted by Gasteiger charge is -2.36. The van der Waals surface area contributed by atoms with E-state index in [1.54, 1.807) is 48.7 Å². The van der Waals surface area contributed by atoms with E-state index in [1.165, 1.54) is 33.8 Å². The molecule has 0 radical (unpaired) electrons. The molecule has 3 N–H and O–H groups in total. The topological polar surface area (TPSA) is 223 Å². The van der Waals surface area contributed by atoms with E-state index in [0.717, 1.165) is 10.7 Å². The van der Waals surface area contributed by atoms with Gasteiger partial charge in [-0.3, -0.25) is 9.78 Å². The zero-order valence-electron chi connectivity index (χ0n) is 35.0. The van der Waals surface area contributed by atoms with Crippen molar-refractivity contribution in [2.75, 3.05) is 39.7 Å². The van der Waals surface area contributed by atoms with Crippen molar-refractivity contribution in [1.82, 2.24) is 24.9 Å². The molecule has 4 aromatic rings. The summed E-state index contributed by atoms with van der Waals surface area (Å²) in [5.74, 6) is -2.73. The molecule has 2 aromatic heterocycles. The van der Waals surface area contributed by atoms with Gasteiger partial charge in [0.05, 0.1) is 47.0 Å². The van der Waals surface area contributed by atoms with Crippen molar-refractivity contribution in [2.45, 2.75) is 76.2 Å². The van der Waals surface area contributed by atoms with Crippen LogP contribution in [-0.2, 0) is 58.1 Å². The van der Waals surface area contributed by atoms with Gasteiger partial charge in [0.15, 0.2) is 23.9 Å². The Bertz CT molecular complexity index is 2300. The van der Waals surface area contributed by atoms with Gasteiger partial charge < -0.3 is 48.9 Å². The fourth-order valence-corrected chi connectivity index (χ4v) is 9.86. The molecule has 338 valence electrons. The Morgan fingerprint density at radius 2 is 1.83 bits per heavy atom. The van der Waals surface area contributed by atoms with Crippen LogP contribution in [0.25, 0.3) is 0 Å². The summed E-state index contributed by atoms with van der Waals surface area (Å²) < 4.78 is 70.5. The normalized spacial score (nSPS) is 19.3. The lowest BCUT2D eigenvalue weighted by atomic mass is 9.88. The number of nitrogens with zero attached hydrogens (tertiary/aromatic N) is 3. The van der Waals surface area contributed by atoms with Crippen LogP contribution in [0.1, 0.15) is 42.2 Å². The molecule has 0 spiro atoms. The van der Waals surface area contributed by atoms with Crippen molar-refractivity contribution in [2.24, 2.45) is 17.8 Å². The van der Waals surface area contributed by atoms with Crippen molar-refractivity contribution in [1.29, 1.82) is 0 Å². The highest BCUT2D eigenvalue weighted by molar-refractivity contribution is 7.89. The number of hydrogen-bond acceptors (Lipinski definition) is 15. The summed E-state index contributed by atoms with van der Waals surface area (Å²) in [6.07, 6.45) is -1.69. The molecule has 0 aliphatic carbocycles. The monoisotopic (exact) mass is 909 g/mol. The second-order valence-corrected chi connectivity index (χ2v) is 18.8. The second kappa shape index (κ2) is 20.9. The lowest BCUT2D eigenvalue weighted by molar-refractivity contribution is -0.157. The predicted molar refractivity (Wildman–Crippen MR) is 225 cm³/mol. The molecule has 0 saturated carbocycles. The standard InChI is InChI=1S/C43H51N5O13S2/c1-26(2)19-48(63(53,54)32-11-12-36-37(17-32)60-25-59-36)20-34(40(41(50)51)57-23-39(49)45-18-29-6-4-5-14-44-29)35(47-43(52)61-38-22-58-42-33(38)13-15-55-42)16-28-7-9-31(10-8-28)56-21-30-24-62-27(3)46-30/h4-12,14,17,24,26,33-35,38,40,42H,13,15-16,18-23,25H2,1-3H3,(H,45,49)(H,47,52)(H,50,51)/t33-,34+,35?,38-,40-,42+/m0/s1. The van der Waals surface area contributed by atoms with Crippen molar-refractivity contribution in [3.63, 3.8) is 0 Å². The number of thiazole rings is 1. The first-order chi connectivity index (χ1) is 30.3. The number of aryl methyl sites for hydroxylation is 1. The molecule has 1 unspecified atom stereocenters. The number of hydrogen-bond donors (Lipinski definition) is 3. The van der Waals surface area contributed by atoms with Crippen molar-refractivity contribution in [3.8, 4) is 17.2 Å². The number of amides is 2. The molecule has 2 fully saturated rings. The van der Waals surface area contributed by atoms with Gasteiger partial charge in [-0.2, -0.15) is 4.31 Å². The minimum Gasteiger partial charge on any atom is -0.487 e. The summed E-state index contributed by atoms with van der Waals surface area (Å²) in [5, 5.41) is 19.3. The molecular formula is C43H51N5O13S2. The molecule has 3 aliphatic heterocycles. The largest absolute Gasteiger partial charge is 0.487 e. The number of aliphatic carboxylic acids is 1. The number of carboxylic acid groups (broad SMARTS) is 1. The Labute approximate surface area is 369 Å². The van der Waals surface area contributed by atoms with E-state index in [9.17, 15) is 27.9 Å². The van der Waals surface area contributed by atoms with Gasteiger partial charge in [0, 0.05) is 42.7 Å². The minimum absolute atomic E-state index is 0.0136. The average Bonchev–Trinajstić information content (AvgIpc) is 4.09. The Morgan fingerprint density at radius 3 is 2.56 bits per heavy atom. The van der Waals surface area contributed by atoms with Gasteiger partial charge in [0.1, 0.15) is 25.1 Å². The third-order valence-corrected chi connectivity index (χ3v) is 13.3. The number of ether oxygens (including phenoxy) is 7. The summed E-state index contributed by atoms with van der Waals surface area (Å²) >= 11 is 1.52. The van der Waals surface area contributed by atoms with E-state index in [1.807, 2.05) is 26.2 Å². The van der Waals surface area contributed by atoms with Gasteiger partial charge in [-0.05, 0) is 67.6 Å². The summed E-state index contributed by atoms with van der Waals surface area (Å²) in [4.78, 5) is 49.0. The number of pyridine rings is 1. The number of carbonyl (C=O) groups excluding carboxylic acids is 2. The van der Waals surface area contributed by atoms with Crippen LogP contribution in [0, 0.1) is 24.7 Å². The minimum atomic E-state index is -4.37. The number of fused-ring (bicyclic) bond motifs is 2. The van der Waals surface area contributed by atoms with Gasteiger partial charge >= 0.3 is 12.1 Å². The number of aromatic nitrogens is 2. The van der Waals surface area contributed by atoms with Crippen LogP contribution >= 0.6 is 11.3 Å². The maximum Gasteiger partial charge on any atom is 0.407 e. The van der Waals surface area contributed by atoms with E-state index in [-0.39, 0.29) is 62.0 Å². The van der Waals surface area contributed by atoms with E-state index in [2.05, 4.69) is 20.6 Å². The van der Waals surface area contributed by atoms with Gasteiger partial charge in [-0.15, -0.1) is 11.3 Å². The van der Waals surface area contributed by atoms with Gasteiger partial charge in [-0.25, -0.2) is 23.0 Å². The van der Waals surface area contributed by atoms with Gasteiger partial charge in [0.2, 0.25) is 22.7 Å². The molecular weight excluding hydrogens is 859 g/mol. The van der Waals surface area contributed by atoms with E-state index in [0.29, 0.717) is 35.8 Å². The van der Waals surface area contributed by atoms with Gasteiger partial charge in [-0.1, -0.05) is 32.0 Å². The molecule has 2 saturated heterocycles. The predicted octanol–water partition coefficient (Wildman–Crippen LogP) is 4.30. The first kappa shape index (κ1) is 45.6. The second-order valence-electron chi connectivity index (χ2n) is 15.8. The number of sulfonamides is 1. The van der Waals surface area contributed by atoms with E-state index < -0.39 is 71.6 Å². The molecule has 5 heterocycles. The number of benzene rings is 2. The van der Waals surface area contributed by atoms with Crippen molar-refractivity contribution >= 4 is 39.3 Å². The molecule has 0 bridgehead atoms. The molecule has 7 rings (SSSR count). The zero-order chi connectivity index (χ0) is 44.5. The van der Waals surface area contributed by atoms with Crippen LogP contribution in [0.15, 0.2) is 77.1 Å². The first-order valence-corrected chi connectivity index (χ1v) is 22.9. The third-order valence-electron chi connectivity index (χ3n) is 10.7. The molecule has 63 heavy (non-hydrogen) atoms. The van der Waals surface area contributed by atoms with E-state index >= 15 is 0 Å². The molecule has 2 aromatic carbocycles. The highest BCUT2D eigenvalue weighted by Gasteiger charge is 2.45. The quantitative estimate of drug-likeness (QED) is 0.106. The van der Waals surface area contributed by atoms with Crippen LogP contribution < -0.4 is 24.8 Å². The number of alkyl carbamates (subject to hydrolysis) is 1. The molecule has 20 heteroatoms. The SMILES string of the molecule is Cc1nc(COc2ccc(CC(NC(=O)O[C@H]3CO[C@H]4OCC[C@H]43)[C@@H](CN(CC(C)C)S(=O)(=O)c3ccc4c(c3)OCO4)[C@H](OCC(=O)NCc3ccccn3)C(=O)O)cc2)cs1. The van der Waals surface area contributed by atoms with E-state index in [4.69, 9.17) is 33.2 Å². The van der Waals surface area contributed by atoms with Crippen molar-refractivity contribution in [3.05, 3.63) is 94.2 Å². The summed E-state index contributed by atoms with van der Waals surface area (Å²) in [7, 11) is -4.37. The molecule has 18 nitrogen and oxygen atoms in total. The fourth-order valence-electron chi connectivity index (χ4n) is 7.61. The first-order valence-electron chi connectivity index (χ1n) is 20.6. The molecule has 3 aliphatic rings. The Balaban J connectivity index is 1.21. The smallest absolute Gasteiger partial charge is 0.407 e. The van der Waals surface area contributed by atoms with Gasteiger partial charge in [0.25, 0.3) is 0 Å². The van der Waals surface area contributed by atoms with Crippen LogP contribution in [-0.4, -0.2) is 110 Å². The Hall–Kier alpha value is -5.38. The van der Waals surface area contributed by atoms with Crippen LogP contribution in [0.4, 0.5) is 4.79 Å². The Morgan fingerprint density at radius 1 is 1.02 bits per heavy atom. The number of carboxylic acids is 1. The number of carbonyl (C=O) groups is 3. The van der Waals surface area contributed by atoms with Crippen LogP contribution in [0.2, 0.25) is 0 Å². The Kier molecular flexibility index (Phi) is 15.1. The maximum absolute atomic E-state index is 14.6. The summed E-state index contributed by atoms with van der Waals surface area (Å²) in [6.45, 7) is 5.11. The lowest BCUT2D eigenvalue weighted by Crippen LogP contribution is -2.55. The fraction of sp³-hybridized carbons (Fsp3) is 0.465. The molecule has 6 atom stereocenters. The highest BCUT2D eigenvalue weighted by atomic mass is 32.2. The van der Waals surface area contributed by atoms with Crippen LogP contribution in [0.3, 0.4) is 0 Å². The summed E-state index contributed by atoms with van der Waals surface area (Å²) in [6, 6.07) is 15.3. The average molecular weight is 910 g/mol. The van der Waals surface area contributed by atoms with Crippen LogP contribution in [0.5, 0.6) is 17.2 Å². The number of rotatable bonds is 21. The number of nitrogens with one attached hydrogen (secondary N) is 2. The zero-order valence-corrected chi connectivity index (χ0v) is 36.7. The highest BCUT2D eigenvalue weighted by Crippen LogP contribution is 2.36. The molecule has 2 amide bonds. The maximum atomic E-state index is 14.6. The van der Waals surface area contributed by atoms with Crippen molar-refractivity contribution < 1.29 is 61.1 Å². The third kappa shape index (κ3) is 12.0.